The number of hydrogen-bond donors (Lipinski definition) is 2. The molecule has 1 fully saturated rings. The molecule has 0 spiro atoms. The van der Waals surface area contributed by atoms with Crippen molar-refractivity contribution in [2.45, 2.75) is 71.4 Å². The lowest BCUT2D eigenvalue weighted by Gasteiger charge is -2.26. The highest BCUT2D eigenvalue weighted by atomic mass is 16.1. The Bertz CT molecular complexity index is 232. The fourth-order valence-corrected chi connectivity index (χ4v) is 2.30. The van der Waals surface area contributed by atoms with E-state index in [1.54, 1.807) is 0 Å². The maximum Gasteiger partial charge on any atom is 0.220 e. The van der Waals surface area contributed by atoms with Crippen molar-refractivity contribution in [3.05, 3.63) is 0 Å². The molecule has 1 saturated carbocycles. The first-order chi connectivity index (χ1) is 7.99. The Kier molecular flexibility index (Phi) is 5.96. The number of nitrogens with one attached hydrogen (secondary N) is 1. The van der Waals surface area contributed by atoms with Gasteiger partial charge in [0.25, 0.3) is 0 Å². The minimum atomic E-state index is 0.209. The Hall–Kier alpha value is -0.570. The van der Waals surface area contributed by atoms with E-state index in [2.05, 4.69) is 26.1 Å². The summed E-state index contributed by atoms with van der Waals surface area (Å²) in [5, 5.41) is 3.06. The zero-order chi connectivity index (χ0) is 12.8. The fraction of sp³-hybridized carbons (Fsp3) is 0.929. The highest BCUT2D eigenvalue weighted by molar-refractivity contribution is 5.76. The van der Waals surface area contributed by atoms with Gasteiger partial charge in [-0.05, 0) is 50.9 Å². The van der Waals surface area contributed by atoms with Gasteiger partial charge in [0.05, 0.1) is 0 Å². The molecule has 1 amide bonds. The molecular weight excluding hydrogens is 212 g/mol. The molecule has 0 heterocycles. The molecule has 1 rings (SSSR count). The second kappa shape index (κ2) is 7.00. The van der Waals surface area contributed by atoms with Crippen LogP contribution in [0.15, 0.2) is 0 Å². The van der Waals surface area contributed by atoms with Gasteiger partial charge in [0, 0.05) is 18.5 Å². The molecule has 3 N–H and O–H groups in total. The van der Waals surface area contributed by atoms with E-state index in [1.165, 1.54) is 12.8 Å². The number of amides is 1. The number of carbonyl (C=O) groups is 1. The second-order valence-electron chi connectivity index (χ2n) is 5.92. The van der Waals surface area contributed by atoms with Gasteiger partial charge >= 0.3 is 0 Å². The summed E-state index contributed by atoms with van der Waals surface area (Å²) in [4.78, 5) is 11.7. The van der Waals surface area contributed by atoms with Crippen LogP contribution in [0.5, 0.6) is 0 Å². The van der Waals surface area contributed by atoms with E-state index in [1.807, 2.05) is 0 Å². The summed E-state index contributed by atoms with van der Waals surface area (Å²) < 4.78 is 0. The smallest absolute Gasteiger partial charge is 0.220 e. The van der Waals surface area contributed by atoms with Crippen molar-refractivity contribution in [1.82, 2.24) is 5.32 Å². The normalized spacial score (nSPS) is 26.9. The van der Waals surface area contributed by atoms with Gasteiger partial charge < -0.3 is 11.1 Å². The average Bonchev–Trinajstić information content (AvgIpc) is 2.28. The van der Waals surface area contributed by atoms with Gasteiger partial charge in [0.1, 0.15) is 0 Å². The lowest BCUT2D eigenvalue weighted by Crippen LogP contribution is -2.36. The van der Waals surface area contributed by atoms with Crippen LogP contribution in [-0.2, 0) is 4.79 Å². The zero-order valence-corrected chi connectivity index (χ0v) is 11.5. The Morgan fingerprint density at radius 2 is 1.82 bits per heavy atom. The fourth-order valence-electron chi connectivity index (χ4n) is 2.30. The molecule has 1 atom stereocenters. The van der Waals surface area contributed by atoms with E-state index >= 15 is 0 Å². The molecule has 3 heteroatoms. The molecule has 1 unspecified atom stereocenters. The maximum absolute atomic E-state index is 11.7. The first-order valence-corrected chi connectivity index (χ1v) is 7.04. The van der Waals surface area contributed by atoms with Crippen LogP contribution >= 0.6 is 0 Å². The van der Waals surface area contributed by atoms with Crippen LogP contribution in [0.3, 0.4) is 0 Å². The van der Waals surface area contributed by atoms with Crippen molar-refractivity contribution in [3.63, 3.8) is 0 Å². The van der Waals surface area contributed by atoms with E-state index in [0.717, 1.165) is 25.2 Å². The van der Waals surface area contributed by atoms with Crippen molar-refractivity contribution in [2.75, 3.05) is 0 Å². The summed E-state index contributed by atoms with van der Waals surface area (Å²) in [7, 11) is 0. The van der Waals surface area contributed by atoms with Gasteiger partial charge in [-0.1, -0.05) is 13.8 Å². The molecule has 0 aliphatic heterocycles. The Morgan fingerprint density at radius 3 is 2.35 bits per heavy atom. The predicted octanol–water partition coefficient (Wildman–Crippen LogP) is 2.44. The topological polar surface area (TPSA) is 55.1 Å². The van der Waals surface area contributed by atoms with Crippen molar-refractivity contribution in [3.8, 4) is 0 Å². The summed E-state index contributed by atoms with van der Waals surface area (Å²) in [6.45, 7) is 6.34. The number of carbonyl (C=O) groups excluding carboxylic acids is 1. The molecule has 0 bridgehead atoms. The quantitative estimate of drug-likeness (QED) is 0.775. The second-order valence-corrected chi connectivity index (χ2v) is 5.92. The van der Waals surface area contributed by atoms with Crippen molar-refractivity contribution in [2.24, 2.45) is 17.6 Å². The van der Waals surface area contributed by atoms with Crippen LogP contribution in [0, 0.1) is 11.8 Å². The van der Waals surface area contributed by atoms with Gasteiger partial charge in [0.15, 0.2) is 0 Å². The molecule has 0 saturated heterocycles. The number of nitrogens with two attached hydrogens (primary N) is 1. The van der Waals surface area contributed by atoms with Crippen molar-refractivity contribution < 1.29 is 4.79 Å². The molecule has 0 aromatic heterocycles. The Labute approximate surface area is 106 Å². The first-order valence-electron chi connectivity index (χ1n) is 7.04. The first kappa shape index (κ1) is 14.5. The molecule has 0 radical (unpaired) electrons. The van der Waals surface area contributed by atoms with Crippen LogP contribution in [0.1, 0.15) is 59.3 Å². The average molecular weight is 240 g/mol. The molecule has 100 valence electrons. The van der Waals surface area contributed by atoms with Crippen LogP contribution < -0.4 is 11.1 Å². The number of hydrogen-bond acceptors (Lipinski definition) is 2. The van der Waals surface area contributed by atoms with Crippen molar-refractivity contribution >= 4 is 5.91 Å². The van der Waals surface area contributed by atoms with Crippen molar-refractivity contribution in [1.29, 1.82) is 0 Å². The van der Waals surface area contributed by atoms with Crippen LogP contribution in [0.4, 0.5) is 0 Å². The zero-order valence-electron chi connectivity index (χ0n) is 11.5. The standard InChI is InChI=1S/C14H28N2O/c1-10(2)11(3)16-14(17)9-6-12-4-7-13(15)8-5-12/h10-13H,4-9,15H2,1-3H3,(H,16,17). The minimum absolute atomic E-state index is 0.209. The summed E-state index contributed by atoms with van der Waals surface area (Å²) >= 11 is 0. The van der Waals surface area contributed by atoms with Gasteiger partial charge in [0.2, 0.25) is 5.91 Å². The Morgan fingerprint density at radius 1 is 1.24 bits per heavy atom. The Balaban J connectivity index is 2.15. The molecule has 0 aromatic carbocycles. The summed E-state index contributed by atoms with van der Waals surface area (Å²) in [6, 6.07) is 0.684. The summed E-state index contributed by atoms with van der Waals surface area (Å²) in [5.41, 5.74) is 5.87. The highest BCUT2D eigenvalue weighted by Crippen LogP contribution is 2.26. The van der Waals surface area contributed by atoms with Gasteiger partial charge in [-0.25, -0.2) is 0 Å². The lowest BCUT2D eigenvalue weighted by atomic mass is 9.84. The molecule has 1 aliphatic rings. The third kappa shape index (κ3) is 5.53. The molecule has 0 aromatic rings. The van der Waals surface area contributed by atoms with E-state index in [0.29, 0.717) is 18.4 Å². The van der Waals surface area contributed by atoms with Crippen LogP contribution in [0.25, 0.3) is 0 Å². The lowest BCUT2D eigenvalue weighted by molar-refractivity contribution is -0.122. The highest BCUT2D eigenvalue weighted by Gasteiger charge is 2.19. The largest absolute Gasteiger partial charge is 0.353 e. The van der Waals surface area contributed by atoms with Crippen LogP contribution in [0.2, 0.25) is 0 Å². The third-order valence-electron chi connectivity index (χ3n) is 4.06. The molecule has 3 nitrogen and oxygen atoms in total. The number of rotatable bonds is 5. The summed E-state index contributed by atoms with van der Waals surface area (Å²) in [5.74, 6) is 1.43. The van der Waals surface area contributed by atoms with Gasteiger partial charge in [-0.15, -0.1) is 0 Å². The van der Waals surface area contributed by atoms with Gasteiger partial charge in [-0.3, -0.25) is 4.79 Å². The molecule has 17 heavy (non-hydrogen) atoms. The van der Waals surface area contributed by atoms with E-state index in [-0.39, 0.29) is 11.9 Å². The third-order valence-corrected chi connectivity index (χ3v) is 4.06. The molecular formula is C14H28N2O. The SMILES string of the molecule is CC(C)C(C)NC(=O)CCC1CCC(N)CC1. The summed E-state index contributed by atoms with van der Waals surface area (Å²) in [6.07, 6.45) is 6.38. The molecule has 1 aliphatic carbocycles. The van der Waals surface area contributed by atoms with Gasteiger partial charge in [-0.2, -0.15) is 0 Å². The maximum atomic E-state index is 11.7. The van der Waals surface area contributed by atoms with Crippen LogP contribution in [-0.4, -0.2) is 18.0 Å². The minimum Gasteiger partial charge on any atom is -0.353 e. The van der Waals surface area contributed by atoms with E-state index in [9.17, 15) is 4.79 Å². The predicted molar refractivity (Wildman–Crippen MR) is 71.6 cm³/mol. The van der Waals surface area contributed by atoms with E-state index in [4.69, 9.17) is 5.73 Å². The monoisotopic (exact) mass is 240 g/mol. The van der Waals surface area contributed by atoms with E-state index < -0.39 is 0 Å².